The Bertz CT molecular complexity index is 404. The van der Waals surface area contributed by atoms with E-state index in [4.69, 9.17) is 0 Å². The summed E-state index contributed by atoms with van der Waals surface area (Å²) in [4.78, 5) is 13.6. The van der Waals surface area contributed by atoms with Gasteiger partial charge >= 0.3 is 0 Å². The summed E-state index contributed by atoms with van der Waals surface area (Å²) in [5.74, 6) is -0.474. The van der Waals surface area contributed by atoms with E-state index in [0.717, 1.165) is 0 Å². The lowest BCUT2D eigenvalue weighted by Gasteiger charge is -2.17. The molecule has 0 radical (unpaired) electrons. The Hall–Kier alpha value is -1.94. The molecule has 0 saturated heterocycles. The predicted molar refractivity (Wildman–Crippen MR) is 71.9 cm³/mol. The van der Waals surface area contributed by atoms with Crippen molar-refractivity contribution in [1.29, 1.82) is 0 Å². The maximum atomic E-state index is 12.7. The van der Waals surface area contributed by atoms with Crippen molar-refractivity contribution < 1.29 is 9.18 Å². The second-order valence-electron chi connectivity index (χ2n) is 3.83. The SMILES string of the molecule is C=CCN(CC=C)CC(=O)Nc1ccc(F)cc1. The van der Waals surface area contributed by atoms with Crippen molar-refractivity contribution in [2.24, 2.45) is 0 Å². The molecule has 0 atom stereocenters. The van der Waals surface area contributed by atoms with Crippen molar-refractivity contribution in [2.75, 3.05) is 25.0 Å². The summed E-state index contributed by atoms with van der Waals surface area (Å²) in [6.07, 6.45) is 3.46. The first-order chi connectivity index (χ1) is 8.65. The first-order valence-electron chi connectivity index (χ1n) is 5.65. The fourth-order valence-corrected chi connectivity index (χ4v) is 1.51. The summed E-state index contributed by atoms with van der Waals surface area (Å²) in [5.41, 5.74) is 0.582. The third-order valence-electron chi connectivity index (χ3n) is 2.27. The van der Waals surface area contributed by atoms with Crippen LogP contribution in [0.5, 0.6) is 0 Å². The number of carbonyl (C=O) groups excluding carboxylic acids is 1. The van der Waals surface area contributed by atoms with E-state index in [2.05, 4.69) is 18.5 Å². The average Bonchev–Trinajstić information content (AvgIpc) is 2.33. The van der Waals surface area contributed by atoms with Crippen molar-refractivity contribution in [2.45, 2.75) is 0 Å². The third-order valence-corrected chi connectivity index (χ3v) is 2.27. The standard InChI is InChI=1S/C14H17FN2O/c1-3-9-17(10-4-2)11-14(18)16-13-7-5-12(15)6-8-13/h3-8H,1-2,9-11H2,(H,16,18). The lowest BCUT2D eigenvalue weighted by Crippen LogP contribution is -2.33. The number of carbonyl (C=O) groups is 1. The van der Waals surface area contributed by atoms with Crippen LogP contribution in [0, 0.1) is 5.82 Å². The highest BCUT2D eigenvalue weighted by Gasteiger charge is 2.08. The number of nitrogens with zero attached hydrogens (tertiary/aromatic N) is 1. The van der Waals surface area contributed by atoms with Gasteiger partial charge in [0.1, 0.15) is 5.82 Å². The molecule has 1 amide bonds. The molecule has 1 aromatic carbocycles. The van der Waals surface area contributed by atoms with Gasteiger partial charge in [0.05, 0.1) is 6.54 Å². The van der Waals surface area contributed by atoms with Crippen molar-refractivity contribution in [3.8, 4) is 0 Å². The van der Waals surface area contributed by atoms with Crippen LogP contribution >= 0.6 is 0 Å². The minimum atomic E-state index is -0.326. The number of hydrogen-bond acceptors (Lipinski definition) is 2. The molecule has 0 spiro atoms. The summed E-state index contributed by atoms with van der Waals surface area (Å²) in [5, 5.41) is 2.70. The zero-order chi connectivity index (χ0) is 13.4. The van der Waals surface area contributed by atoms with E-state index in [1.54, 1.807) is 12.2 Å². The predicted octanol–water partition coefficient (Wildman–Crippen LogP) is 2.44. The molecule has 0 aliphatic heterocycles. The second-order valence-corrected chi connectivity index (χ2v) is 3.83. The molecule has 0 bridgehead atoms. The molecule has 4 heteroatoms. The maximum Gasteiger partial charge on any atom is 0.238 e. The lowest BCUT2D eigenvalue weighted by molar-refractivity contribution is -0.117. The normalized spacial score (nSPS) is 10.1. The first-order valence-corrected chi connectivity index (χ1v) is 5.65. The molecule has 0 fully saturated rings. The van der Waals surface area contributed by atoms with E-state index in [-0.39, 0.29) is 18.3 Å². The number of anilines is 1. The fourth-order valence-electron chi connectivity index (χ4n) is 1.51. The van der Waals surface area contributed by atoms with Gasteiger partial charge in [-0.3, -0.25) is 9.69 Å². The number of hydrogen-bond donors (Lipinski definition) is 1. The van der Waals surface area contributed by atoms with Gasteiger partial charge in [0, 0.05) is 18.8 Å². The van der Waals surface area contributed by atoms with E-state index >= 15 is 0 Å². The van der Waals surface area contributed by atoms with Crippen LogP contribution in [0.1, 0.15) is 0 Å². The van der Waals surface area contributed by atoms with Gasteiger partial charge in [-0.15, -0.1) is 13.2 Å². The molecular weight excluding hydrogens is 231 g/mol. The Morgan fingerprint density at radius 1 is 1.22 bits per heavy atom. The number of amides is 1. The minimum absolute atomic E-state index is 0.148. The van der Waals surface area contributed by atoms with Crippen LogP contribution in [0.4, 0.5) is 10.1 Å². The van der Waals surface area contributed by atoms with Crippen molar-refractivity contribution in [3.05, 3.63) is 55.4 Å². The van der Waals surface area contributed by atoms with Gasteiger partial charge in [0.25, 0.3) is 0 Å². The molecule has 0 saturated carbocycles. The van der Waals surface area contributed by atoms with Gasteiger partial charge in [-0.1, -0.05) is 12.2 Å². The van der Waals surface area contributed by atoms with Crippen LogP contribution in [-0.2, 0) is 4.79 Å². The quantitative estimate of drug-likeness (QED) is 0.752. The van der Waals surface area contributed by atoms with Gasteiger partial charge in [0.15, 0.2) is 0 Å². The van der Waals surface area contributed by atoms with E-state index in [0.29, 0.717) is 18.8 Å². The van der Waals surface area contributed by atoms with Crippen LogP contribution in [-0.4, -0.2) is 30.4 Å². The molecule has 1 N–H and O–H groups in total. The number of benzene rings is 1. The smallest absolute Gasteiger partial charge is 0.238 e. The summed E-state index contributed by atoms with van der Waals surface area (Å²) < 4.78 is 12.7. The molecule has 3 nitrogen and oxygen atoms in total. The van der Waals surface area contributed by atoms with E-state index in [1.165, 1.54) is 24.3 Å². The third kappa shape index (κ3) is 4.93. The Balaban J connectivity index is 2.51. The minimum Gasteiger partial charge on any atom is -0.325 e. The highest BCUT2D eigenvalue weighted by atomic mass is 19.1. The van der Waals surface area contributed by atoms with Gasteiger partial charge in [-0.25, -0.2) is 4.39 Å². The van der Waals surface area contributed by atoms with Crippen LogP contribution in [0.25, 0.3) is 0 Å². The van der Waals surface area contributed by atoms with Crippen LogP contribution in [0.2, 0.25) is 0 Å². The summed E-state index contributed by atoms with van der Waals surface area (Å²) in [7, 11) is 0. The summed E-state index contributed by atoms with van der Waals surface area (Å²) in [6.45, 7) is 8.74. The molecular formula is C14H17FN2O. The Kier molecular flexibility index (Phi) is 5.80. The van der Waals surface area contributed by atoms with Crippen molar-refractivity contribution >= 4 is 11.6 Å². The van der Waals surface area contributed by atoms with E-state index < -0.39 is 0 Å². The molecule has 0 unspecified atom stereocenters. The molecule has 1 aromatic rings. The monoisotopic (exact) mass is 248 g/mol. The molecule has 96 valence electrons. The molecule has 0 aliphatic carbocycles. The lowest BCUT2D eigenvalue weighted by atomic mass is 10.3. The molecule has 0 heterocycles. The molecule has 0 aliphatic rings. The summed E-state index contributed by atoms with van der Waals surface area (Å²) in [6, 6.07) is 5.67. The van der Waals surface area contributed by atoms with Gasteiger partial charge < -0.3 is 5.32 Å². The van der Waals surface area contributed by atoms with Crippen molar-refractivity contribution in [1.82, 2.24) is 4.90 Å². The fraction of sp³-hybridized carbons (Fsp3) is 0.214. The number of rotatable bonds is 7. The molecule has 0 aromatic heterocycles. The van der Waals surface area contributed by atoms with Gasteiger partial charge in [-0.2, -0.15) is 0 Å². The largest absolute Gasteiger partial charge is 0.325 e. The topological polar surface area (TPSA) is 32.3 Å². The van der Waals surface area contributed by atoms with Crippen LogP contribution < -0.4 is 5.32 Å². The van der Waals surface area contributed by atoms with Crippen LogP contribution in [0.15, 0.2) is 49.6 Å². The highest BCUT2D eigenvalue weighted by molar-refractivity contribution is 5.92. The van der Waals surface area contributed by atoms with Crippen LogP contribution in [0.3, 0.4) is 0 Å². The molecule has 18 heavy (non-hydrogen) atoms. The summed E-state index contributed by atoms with van der Waals surface area (Å²) >= 11 is 0. The number of nitrogens with one attached hydrogen (secondary N) is 1. The average molecular weight is 248 g/mol. The van der Waals surface area contributed by atoms with E-state index in [9.17, 15) is 9.18 Å². The zero-order valence-electron chi connectivity index (χ0n) is 10.2. The molecule has 1 rings (SSSR count). The van der Waals surface area contributed by atoms with Gasteiger partial charge in [-0.05, 0) is 24.3 Å². The Morgan fingerprint density at radius 2 is 1.78 bits per heavy atom. The Labute approximate surface area is 107 Å². The Morgan fingerprint density at radius 3 is 2.28 bits per heavy atom. The second kappa shape index (κ2) is 7.40. The zero-order valence-corrected chi connectivity index (χ0v) is 10.2. The van der Waals surface area contributed by atoms with Gasteiger partial charge in [0.2, 0.25) is 5.91 Å². The van der Waals surface area contributed by atoms with E-state index in [1.807, 2.05) is 4.90 Å². The van der Waals surface area contributed by atoms with Crippen molar-refractivity contribution in [3.63, 3.8) is 0 Å². The highest BCUT2D eigenvalue weighted by Crippen LogP contribution is 2.08. The first kappa shape index (κ1) is 14.1. The number of halogens is 1. The maximum absolute atomic E-state index is 12.7.